The van der Waals surface area contributed by atoms with Gasteiger partial charge in [0.2, 0.25) is 0 Å². The summed E-state index contributed by atoms with van der Waals surface area (Å²) in [5.41, 5.74) is 4.42. The number of ether oxygens (including phenoxy) is 2. The number of hydrogen-bond donors (Lipinski definition) is 1. The average molecular weight is 298 g/mol. The van der Waals surface area contributed by atoms with Crippen molar-refractivity contribution >= 4 is 5.97 Å². The van der Waals surface area contributed by atoms with Crippen LogP contribution >= 0.6 is 0 Å². The van der Waals surface area contributed by atoms with Crippen molar-refractivity contribution in [1.29, 1.82) is 0 Å². The van der Waals surface area contributed by atoms with Gasteiger partial charge in [-0.05, 0) is 41.3 Å². The van der Waals surface area contributed by atoms with Gasteiger partial charge < -0.3 is 14.6 Å². The number of rotatable bonds is 5. The second kappa shape index (κ2) is 6.20. The third-order valence-corrected chi connectivity index (χ3v) is 3.93. The van der Waals surface area contributed by atoms with E-state index in [2.05, 4.69) is 6.07 Å². The van der Waals surface area contributed by atoms with Gasteiger partial charge in [0.1, 0.15) is 5.75 Å². The summed E-state index contributed by atoms with van der Waals surface area (Å²) in [4.78, 5) is 11.9. The van der Waals surface area contributed by atoms with E-state index in [0.29, 0.717) is 18.8 Å². The highest BCUT2D eigenvalue weighted by molar-refractivity contribution is 5.82. The number of carbonyl (C=O) groups is 1. The summed E-state index contributed by atoms with van der Waals surface area (Å²) in [7, 11) is 0. The molecule has 0 spiro atoms. The van der Waals surface area contributed by atoms with Crippen molar-refractivity contribution in [2.75, 3.05) is 13.4 Å². The maximum absolute atomic E-state index is 11.9. The summed E-state index contributed by atoms with van der Waals surface area (Å²) in [5, 5.41) is 8.93. The minimum absolute atomic E-state index is 0.0347. The highest BCUT2D eigenvalue weighted by Crippen LogP contribution is 2.47. The van der Waals surface area contributed by atoms with E-state index in [1.54, 1.807) is 0 Å². The van der Waals surface area contributed by atoms with E-state index >= 15 is 0 Å². The van der Waals surface area contributed by atoms with Crippen LogP contribution in [-0.2, 0) is 9.53 Å². The van der Waals surface area contributed by atoms with Crippen LogP contribution in [-0.4, -0.2) is 24.5 Å². The largest absolute Gasteiger partial charge is 0.468 e. The molecule has 0 fully saturated rings. The molecule has 4 heteroatoms. The molecule has 1 aliphatic rings. The number of esters is 1. The average Bonchev–Trinajstić information content (AvgIpc) is 2.82. The van der Waals surface area contributed by atoms with E-state index in [4.69, 9.17) is 14.6 Å². The fourth-order valence-corrected chi connectivity index (χ4v) is 3.06. The Morgan fingerprint density at radius 2 is 1.91 bits per heavy atom. The van der Waals surface area contributed by atoms with E-state index in [9.17, 15) is 4.79 Å². The SMILES string of the molecule is CCOC(=O)CC1c2ccccc2-c2ccc(OCO)cc21. The van der Waals surface area contributed by atoms with Crippen LogP contribution in [0.1, 0.15) is 30.4 Å². The topological polar surface area (TPSA) is 55.8 Å². The van der Waals surface area contributed by atoms with Gasteiger partial charge in [0.15, 0.2) is 6.79 Å². The zero-order valence-corrected chi connectivity index (χ0v) is 12.4. The smallest absolute Gasteiger partial charge is 0.306 e. The number of aliphatic hydroxyl groups is 1. The minimum Gasteiger partial charge on any atom is -0.468 e. The summed E-state index contributed by atoms with van der Waals surface area (Å²) in [6, 6.07) is 13.8. The Bertz CT molecular complexity index is 693. The molecule has 1 unspecified atom stereocenters. The summed E-state index contributed by atoms with van der Waals surface area (Å²) in [6.07, 6.45) is 0.306. The Morgan fingerprint density at radius 3 is 2.68 bits per heavy atom. The lowest BCUT2D eigenvalue weighted by Gasteiger charge is -2.13. The van der Waals surface area contributed by atoms with Gasteiger partial charge in [-0.15, -0.1) is 0 Å². The molecular weight excluding hydrogens is 280 g/mol. The van der Waals surface area contributed by atoms with Crippen molar-refractivity contribution in [1.82, 2.24) is 0 Å². The Kier molecular flexibility index (Phi) is 4.11. The molecule has 0 radical (unpaired) electrons. The van der Waals surface area contributed by atoms with Crippen molar-refractivity contribution in [3.05, 3.63) is 53.6 Å². The van der Waals surface area contributed by atoms with Crippen molar-refractivity contribution in [3.8, 4) is 16.9 Å². The van der Waals surface area contributed by atoms with Crippen LogP contribution in [0.5, 0.6) is 5.75 Å². The van der Waals surface area contributed by atoms with Gasteiger partial charge in [-0.3, -0.25) is 4.79 Å². The summed E-state index contributed by atoms with van der Waals surface area (Å²) in [5.74, 6) is 0.360. The van der Waals surface area contributed by atoms with Gasteiger partial charge in [-0.1, -0.05) is 30.3 Å². The molecule has 22 heavy (non-hydrogen) atoms. The lowest BCUT2D eigenvalue weighted by molar-refractivity contribution is -0.143. The van der Waals surface area contributed by atoms with E-state index in [1.165, 1.54) is 0 Å². The van der Waals surface area contributed by atoms with Crippen molar-refractivity contribution < 1.29 is 19.4 Å². The molecule has 0 bridgehead atoms. The first-order valence-electron chi connectivity index (χ1n) is 7.37. The van der Waals surface area contributed by atoms with E-state index in [-0.39, 0.29) is 18.7 Å². The lowest BCUT2D eigenvalue weighted by Crippen LogP contribution is -2.10. The molecule has 0 amide bonds. The Labute approximate surface area is 129 Å². The van der Waals surface area contributed by atoms with Gasteiger partial charge in [0.25, 0.3) is 0 Å². The van der Waals surface area contributed by atoms with Crippen LogP contribution in [0.25, 0.3) is 11.1 Å². The molecule has 4 nitrogen and oxygen atoms in total. The van der Waals surface area contributed by atoms with Crippen LogP contribution in [0.2, 0.25) is 0 Å². The third-order valence-electron chi connectivity index (χ3n) is 3.93. The van der Waals surface area contributed by atoms with E-state index in [1.807, 2.05) is 43.3 Å². The van der Waals surface area contributed by atoms with Gasteiger partial charge >= 0.3 is 5.97 Å². The molecule has 0 aliphatic heterocycles. The molecular formula is C18H18O4. The highest BCUT2D eigenvalue weighted by Gasteiger charge is 2.30. The van der Waals surface area contributed by atoms with Crippen LogP contribution in [0.15, 0.2) is 42.5 Å². The lowest BCUT2D eigenvalue weighted by atomic mass is 9.93. The van der Waals surface area contributed by atoms with Crippen LogP contribution in [0.3, 0.4) is 0 Å². The number of aliphatic hydroxyl groups excluding tert-OH is 1. The van der Waals surface area contributed by atoms with Gasteiger partial charge in [-0.25, -0.2) is 0 Å². The minimum atomic E-state index is -0.367. The van der Waals surface area contributed by atoms with Gasteiger partial charge in [0, 0.05) is 5.92 Å². The number of hydrogen-bond acceptors (Lipinski definition) is 4. The predicted octanol–water partition coefficient (Wildman–Crippen LogP) is 3.08. The predicted molar refractivity (Wildman–Crippen MR) is 82.7 cm³/mol. The second-order valence-corrected chi connectivity index (χ2v) is 5.17. The molecule has 1 aliphatic carbocycles. The summed E-state index contributed by atoms with van der Waals surface area (Å²) in [6.45, 7) is 1.82. The fraction of sp³-hybridized carbons (Fsp3) is 0.278. The Morgan fingerprint density at radius 1 is 1.14 bits per heavy atom. The number of fused-ring (bicyclic) bond motifs is 3. The number of benzene rings is 2. The van der Waals surface area contributed by atoms with Crippen molar-refractivity contribution in [2.45, 2.75) is 19.3 Å². The Balaban J connectivity index is 2.02. The second-order valence-electron chi connectivity index (χ2n) is 5.17. The van der Waals surface area contributed by atoms with Crippen LogP contribution in [0.4, 0.5) is 0 Å². The van der Waals surface area contributed by atoms with E-state index in [0.717, 1.165) is 22.3 Å². The maximum atomic E-state index is 11.9. The molecule has 0 saturated heterocycles. The molecule has 2 aromatic rings. The van der Waals surface area contributed by atoms with Crippen LogP contribution < -0.4 is 4.74 Å². The van der Waals surface area contributed by atoms with E-state index < -0.39 is 0 Å². The summed E-state index contributed by atoms with van der Waals surface area (Å²) >= 11 is 0. The normalized spacial score (nSPS) is 15.1. The maximum Gasteiger partial charge on any atom is 0.306 e. The first-order valence-corrected chi connectivity index (χ1v) is 7.37. The van der Waals surface area contributed by atoms with Crippen molar-refractivity contribution in [2.24, 2.45) is 0 Å². The zero-order valence-electron chi connectivity index (χ0n) is 12.4. The first-order chi connectivity index (χ1) is 10.7. The molecule has 0 saturated carbocycles. The van der Waals surface area contributed by atoms with Crippen molar-refractivity contribution in [3.63, 3.8) is 0 Å². The molecule has 1 atom stereocenters. The van der Waals surface area contributed by atoms with Gasteiger partial charge in [0.05, 0.1) is 13.0 Å². The standard InChI is InChI=1S/C18H18O4/c1-2-21-18(20)10-17-14-6-4-3-5-13(14)15-8-7-12(22-11-19)9-16(15)17/h3-9,17,19H,2,10-11H2,1H3. The molecule has 114 valence electrons. The highest BCUT2D eigenvalue weighted by atomic mass is 16.6. The third kappa shape index (κ3) is 2.57. The molecule has 2 aromatic carbocycles. The van der Waals surface area contributed by atoms with Gasteiger partial charge in [-0.2, -0.15) is 0 Å². The summed E-state index contributed by atoms with van der Waals surface area (Å²) < 4.78 is 10.3. The quantitative estimate of drug-likeness (QED) is 0.681. The molecule has 0 aromatic heterocycles. The molecule has 1 N–H and O–H groups in total. The molecule has 3 rings (SSSR count). The monoisotopic (exact) mass is 298 g/mol. The van der Waals surface area contributed by atoms with Crippen LogP contribution in [0, 0.1) is 0 Å². The molecule has 0 heterocycles. The Hall–Kier alpha value is -2.33. The number of carbonyl (C=O) groups excluding carboxylic acids is 1. The first kappa shape index (κ1) is 14.6. The zero-order chi connectivity index (χ0) is 15.5. The fourth-order valence-electron chi connectivity index (χ4n) is 3.06.